The summed E-state index contributed by atoms with van der Waals surface area (Å²) < 4.78 is 10.9. The van der Waals surface area contributed by atoms with Gasteiger partial charge in [0, 0.05) is 18.2 Å². The van der Waals surface area contributed by atoms with Gasteiger partial charge in [-0.25, -0.2) is 0 Å². The van der Waals surface area contributed by atoms with Gasteiger partial charge >= 0.3 is 0 Å². The molecule has 0 aromatic heterocycles. The molecule has 1 atom stereocenters. The molecular formula is C15H24N2O3. The lowest BCUT2D eigenvalue weighted by Gasteiger charge is -2.16. The molecule has 0 aliphatic rings. The third-order valence-corrected chi connectivity index (χ3v) is 3.01. The summed E-state index contributed by atoms with van der Waals surface area (Å²) in [6, 6.07) is 5.82. The fourth-order valence-electron chi connectivity index (χ4n) is 1.77. The molecule has 0 aliphatic heterocycles. The van der Waals surface area contributed by atoms with Gasteiger partial charge in [0.2, 0.25) is 0 Å². The number of carbonyl (C=O) groups excluding carboxylic acids is 1. The number of hydrogen-bond donors (Lipinski definition) is 2. The molecule has 1 amide bonds. The van der Waals surface area contributed by atoms with Crippen LogP contribution in [0.3, 0.4) is 0 Å². The van der Waals surface area contributed by atoms with Gasteiger partial charge in [0.25, 0.3) is 5.91 Å². The van der Waals surface area contributed by atoms with Crippen LogP contribution in [0.1, 0.15) is 25.8 Å². The van der Waals surface area contributed by atoms with Gasteiger partial charge in [-0.3, -0.25) is 4.79 Å². The molecule has 0 fully saturated rings. The van der Waals surface area contributed by atoms with E-state index in [1.165, 1.54) is 0 Å². The van der Waals surface area contributed by atoms with Crippen LogP contribution in [0.5, 0.6) is 11.5 Å². The summed E-state index contributed by atoms with van der Waals surface area (Å²) in [5, 5.41) is 5.94. The van der Waals surface area contributed by atoms with Crippen molar-refractivity contribution in [2.45, 2.75) is 32.9 Å². The van der Waals surface area contributed by atoms with Crippen molar-refractivity contribution in [3.05, 3.63) is 23.8 Å². The van der Waals surface area contributed by atoms with Crippen molar-refractivity contribution in [3.63, 3.8) is 0 Å². The van der Waals surface area contributed by atoms with E-state index in [1.54, 1.807) is 7.11 Å². The summed E-state index contributed by atoms with van der Waals surface area (Å²) in [5.74, 6) is 1.12. The normalized spacial score (nSPS) is 11.8. The fourth-order valence-corrected chi connectivity index (χ4v) is 1.77. The summed E-state index contributed by atoms with van der Waals surface area (Å²) in [4.78, 5) is 11.8. The average molecular weight is 280 g/mol. The molecule has 1 aromatic rings. The maximum Gasteiger partial charge on any atom is 0.258 e. The Labute approximate surface area is 120 Å². The number of para-hydroxylation sites is 1. The van der Waals surface area contributed by atoms with Gasteiger partial charge in [-0.1, -0.05) is 19.1 Å². The maximum atomic E-state index is 11.8. The highest BCUT2D eigenvalue weighted by molar-refractivity contribution is 5.78. The first-order valence-electron chi connectivity index (χ1n) is 6.85. The molecule has 1 rings (SSSR count). The van der Waals surface area contributed by atoms with Crippen LogP contribution in [0.2, 0.25) is 0 Å². The number of amides is 1. The molecule has 1 unspecified atom stereocenters. The van der Waals surface area contributed by atoms with Crippen molar-refractivity contribution < 1.29 is 14.3 Å². The lowest BCUT2D eigenvalue weighted by molar-refractivity contribution is -0.123. The van der Waals surface area contributed by atoms with Crippen molar-refractivity contribution in [3.8, 4) is 11.5 Å². The first kappa shape index (κ1) is 16.3. The van der Waals surface area contributed by atoms with E-state index in [-0.39, 0.29) is 18.6 Å². The Bertz CT molecular complexity index is 435. The molecule has 112 valence electrons. The van der Waals surface area contributed by atoms with Crippen LogP contribution >= 0.6 is 0 Å². The maximum absolute atomic E-state index is 11.8. The molecule has 2 N–H and O–H groups in total. The van der Waals surface area contributed by atoms with Gasteiger partial charge in [-0.15, -0.1) is 0 Å². The van der Waals surface area contributed by atoms with E-state index in [4.69, 9.17) is 9.47 Å². The Morgan fingerprint density at radius 2 is 2.15 bits per heavy atom. The summed E-state index contributed by atoms with van der Waals surface area (Å²) in [7, 11) is 3.45. The van der Waals surface area contributed by atoms with Crippen LogP contribution in [0.15, 0.2) is 18.2 Å². The summed E-state index contributed by atoms with van der Waals surface area (Å²) in [6.45, 7) is 4.63. The van der Waals surface area contributed by atoms with E-state index >= 15 is 0 Å². The van der Waals surface area contributed by atoms with E-state index < -0.39 is 0 Å². The lowest BCUT2D eigenvalue weighted by atomic mass is 10.2. The molecule has 0 spiro atoms. The molecule has 0 aliphatic carbocycles. The first-order chi connectivity index (χ1) is 9.62. The zero-order valence-electron chi connectivity index (χ0n) is 12.7. The molecule has 0 saturated carbocycles. The molecule has 0 bridgehead atoms. The Morgan fingerprint density at radius 1 is 1.40 bits per heavy atom. The monoisotopic (exact) mass is 280 g/mol. The predicted octanol–water partition coefficient (Wildman–Crippen LogP) is 1.71. The van der Waals surface area contributed by atoms with Crippen molar-refractivity contribution in [2.75, 3.05) is 20.8 Å². The number of carbonyl (C=O) groups is 1. The first-order valence-corrected chi connectivity index (χ1v) is 6.85. The molecule has 0 radical (unpaired) electrons. The second-order valence-corrected chi connectivity index (χ2v) is 4.64. The average Bonchev–Trinajstić information content (AvgIpc) is 2.45. The highest BCUT2D eigenvalue weighted by Crippen LogP contribution is 2.30. The standard InChI is InChI=1S/C15H24N2O3/c1-5-11(2)17-14(18)10-20-15-12(9-16-3)7-6-8-13(15)19-4/h6-8,11,16H,5,9-10H2,1-4H3,(H,17,18). The highest BCUT2D eigenvalue weighted by atomic mass is 16.5. The van der Waals surface area contributed by atoms with Crippen LogP contribution in [-0.4, -0.2) is 32.7 Å². The Kier molecular flexibility index (Phi) is 6.87. The van der Waals surface area contributed by atoms with Gasteiger partial charge < -0.3 is 20.1 Å². The quantitative estimate of drug-likeness (QED) is 0.761. The Morgan fingerprint density at radius 3 is 2.75 bits per heavy atom. The molecule has 1 aromatic carbocycles. The topological polar surface area (TPSA) is 59.6 Å². The Hall–Kier alpha value is -1.75. The van der Waals surface area contributed by atoms with Crippen LogP contribution in [0.4, 0.5) is 0 Å². The Balaban J connectivity index is 2.72. The van der Waals surface area contributed by atoms with E-state index in [9.17, 15) is 4.79 Å². The minimum absolute atomic E-state index is 0.0125. The molecule has 20 heavy (non-hydrogen) atoms. The van der Waals surface area contributed by atoms with Crippen LogP contribution in [-0.2, 0) is 11.3 Å². The number of ether oxygens (including phenoxy) is 2. The van der Waals surface area contributed by atoms with E-state index in [1.807, 2.05) is 39.1 Å². The number of nitrogens with one attached hydrogen (secondary N) is 2. The van der Waals surface area contributed by atoms with Crippen LogP contribution in [0.25, 0.3) is 0 Å². The fraction of sp³-hybridized carbons (Fsp3) is 0.533. The largest absolute Gasteiger partial charge is 0.493 e. The van der Waals surface area contributed by atoms with Gasteiger partial charge in [0.15, 0.2) is 18.1 Å². The van der Waals surface area contributed by atoms with E-state index in [0.29, 0.717) is 18.0 Å². The van der Waals surface area contributed by atoms with Gasteiger partial charge in [0.05, 0.1) is 7.11 Å². The van der Waals surface area contributed by atoms with Crippen molar-refractivity contribution >= 4 is 5.91 Å². The zero-order valence-corrected chi connectivity index (χ0v) is 12.7. The second-order valence-electron chi connectivity index (χ2n) is 4.64. The molecular weight excluding hydrogens is 256 g/mol. The van der Waals surface area contributed by atoms with E-state index in [2.05, 4.69) is 10.6 Å². The second kappa shape index (κ2) is 8.43. The van der Waals surface area contributed by atoms with Gasteiger partial charge in [-0.05, 0) is 26.5 Å². The van der Waals surface area contributed by atoms with Gasteiger partial charge in [0.1, 0.15) is 0 Å². The lowest BCUT2D eigenvalue weighted by Crippen LogP contribution is -2.35. The number of rotatable bonds is 8. The zero-order chi connectivity index (χ0) is 15.0. The predicted molar refractivity (Wildman–Crippen MR) is 79.1 cm³/mol. The number of hydrogen-bond acceptors (Lipinski definition) is 4. The molecule has 0 heterocycles. The summed E-state index contributed by atoms with van der Waals surface area (Å²) >= 11 is 0. The number of methoxy groups -OCH3 is 1. The van der Waals surface area contributed by atoms with Crippen LogP contribution in [0, 0.1) is 0 Å². The van der Waals surface area contributed by atoms with Crippen molar-refractivity contribution in [1.82, 2.24) is 10.6 Å². The van der Waals surface area contributed by atoms with Crippen molar-refractivity contribution in [1.29, 1.82) is 0 Å². The van der Waals surface area contributed by atoms with Crippen molar-refractivity contribution in [2.24, 2.45) is 0 Å². The van der Waals surface area contributed by atoms with Gasteiger partial charge in [-0.2, -0.15) is 0 Å². The van der Waals surface area contributed by atoms with E-state index in [0.717, 1.165) is 12.0 Å². The molecule has 5 heteroatoms. The molecule has 0 saturated heterocycles. The smallest absolute Gasteiger partial charge is 0.258 e. The minimum atomic E-state index is -0.124. The SMILES string of the molecule is CCC(C)NC(=O)COc1c(CNC)cccc1OC. The number of benzene rings is 1. The summed E-state index contributed by atoms with van der Waals surface area (Å²) in [6.07, 6.45) is 0.894. The minimum Gasteiger partial charge on any atom is -0.493 e. The highest BCUT2D eigenvalue weighted by Gasteiger charge is 2.13. The van der Waals surface area contributed by atoms with Crippen LogP contribution < -0.4 is 20.1 Å². The molecule has 5 nitrogen and oxygen atoms in total. The third-order valence-electron chi connectivity index (χ3n) is 3.01. The summed E-state index contributed by atoms with van der Waals surface area (Å²) in [5.41, 5.74) is 0.961. The third kappa shape index (κ3) is 4.74.